The van der Waals surface area contributed by atoms with Gasteiger partial charge in [-0.25, -0.2) is 0 Å². The van der Waals surface area contributed by atoms with Crippen LogP contribution >= 0.6 is 0 Å². The molecule has 100 valence electrons. The van der Waals surface area contributed by atoms with E-state index in [1.165, 1.54) is 0 Å². The van der Waals surface area contributed by atoms with Gasteiger partial charge in [0.15, 0.2) is 0 Å². The third-order valence-corrected chi connectivity index (χ3v) is 3.50. The molecule has 1 amide bonds. The molecule has 1 aliphatic rings. The summed E-state index contributed by atoms with van der Waals surface area (Å²) in [5.74, 6) is 0.823. The fraction of sp³-hybridized carbons (Fsp3) is 0.923. The van der Waals surface area contributed by atoms with Gasteiger partial charge < -0.3 is 10.2 Å². The highest BCUT2D eigenvalue weighted by Crippen LogP contribution is 2.19. The van der Waals surface area contributed by atoms with Crippen molar-refractivity contribution in [2.24, 2.45) is 5.92 Å². The molecule has 0 aromatic heterocycles. The van der Waals surface area contributed by atoms with Gasteiger partial charge in [-0.2, -0.15) is 0 Å². The molecular weight excluding hydrogens is 214 g/mol. The van der Waals surface area contributed by atoms with Crippen molar-refractivity contribution < 1.29 is 4.79 Å². The van der Waals surface area contributed by atoms with Crippen molar-refractivity contribution in [1.29, 1.82) is 0 Å². The SMILES string of the molecule is CNCCC1C(=O)N(C)CC(C)CN1C(C)C. The average molecular weight is 241 g/mol. The number of nitrogens with one attached hydrogen (secondary N) is 1. The van der Waals surface area contributed by atoms with E-state index in [4.69, 9.17) is 0 Å². The molecule has 1 fully saturated rings. The van der Waals surface area contributed by atoms with Crippen LogP contribution in [0, 0.1) is 5.92 Å². The van der Waals surface area contributed by atoms with E-state index >= 15 is 0 Å². The van der Waals surface area contributed by atoms with Crippen molar-refractivity contribution in [2.75, 3.05) is 33.7 Å². The summed E-state index contributed by atoms with van der Waals surface area (Å²) >= 11 is 0. The second-order valence-electron chi connectivity index (χ2n) is 5.52. The van der Waals surface area contributed by atoms with Gasteiger partial charge in [-0.1, -0.05) is 6.92 Å². The highest BCUT2D eigenvalue weighted by Gasteiger charge is 2.34. The van der Waals surface area contributed by atoms with Crippen molar-refractivity contribution in [2.45, 2.75) is 39.3 Å². The van der Waals surface area contributed by atoms with Crippen LogP contribution in [0.2, 0.25) is 0 Å². The first-order valence-corrected chi connectivity index (χ1v) is 6.62. The molecule has 0 aromatic carbocycles. The number of likely N-dealkylation sites (N-methyl/N-ethyl adjacent to an activating group) is 1. The summed E-state index contributed by atoms with van der Waals surface area (Å²) < 4.78 is 0. The standard InChI is InChI=1S/C13H27N3O/c1-10(2)16-9-11(3)8-15(5)13(17)12(16)6-7-14-4/h10-12,14H,6-9H2,1-5H3. The van der Waals surface area contributed by atoms with E-state index in [9.17, 15) is 4.79 Å². The van der Waals surface area contributed by atoms with E-state index in [-0.39, 0.29) is 11.9 Å². The number of hydrogen-bond acceptors (Lipinski definition) is 3. The van der Waals surface area contributed by atoms with Gasteiger partial charge in [0.05, 0.1) is 6.04 Å². The minimum atomic E-state index is 0.0393. The van der Waals surface area contributed by atoms with Gasteiger partial charge in [0.1, 0.15) is 0 Å². The van der Waals surface area contributed by atoms with Gasteiger partial charge in [-0.3, -0.25) is 9.69 Å². The fourth-order valence-corrected chi connectivity index (χ4v) is 2.64. The molecule has 4 nitrogen and oxygen atoms in total. The third kappa shape index (κ3) is 3.68. The van der Waals surface area contributed by atoms with Gasteiger partial charge in [0.2, 0.25) is 5.91 Å². The van der Waals surface area contributed by atoms with E-state index < -0.39 is 0 Å². The molecular formula is C13H27N3O. The quantitative estimate of drug-likeness (QED) is 0.790. The fourth-order valence-electron chi connectivity index (χ4n) is 2.64. The molecule has 2 unspecified atom stereocenters. The Hall–Kier alpha value is -0.610. The second kappa shape index (κ2) is 6.36. The van der Waals surface area contributed by atoms with Gasteiger partial charge >= 0.3 is 0 Å². The first kappa shape index (κ1) is 14.5. The van der Waals surface area contributed by atoms with Gasteiger partial charge in [-0.05, 0) is 39.8 Å². The molecule has 0 aliphatic carbocycles. The topological polar surface area (TPSA) is 35.6 Å². The Morgan fingerprint density at radius 1 is 1.41 bits per heavy atom. The number of carbonyl (C=O) groups is 1. The molecule has 0 bridgehead atoms. The monoisotopic (exact) mass is 241 g/mol. The summed E-state index contributed by atoms with van der Waals surface area (Å²) in [6.07, 6.45) is 0.893. The maximum atomic E-state index is 12.4. The number of hydrogen-bond donors (Lipinski definition) is 1. The predicted molar refractivity (Wildman–Crippen MR) is 71.0 cm³/mol. The Morgan fingerprint density at radius 3 is 2.59 bits per heavy atom. The Balaban J connectivity index is 2.84. The van der Waals surface area contributed by atoms with Crippen molar-refractivity contribution >= 4 is 5.91 Å². The predicted octanol–water partition coefficient (Wildman–Crippen LogP) is 0.783. The van der Waals surface area contributed by atoms with Crippen LogP contribution in [0.15, 0.2) is 0 Å². The lowest BCUT2D eigenvalue weighted by atomic mass is 10.1. The van der Waals surface area contributed by atoms with Crippen LogP contribution in [0.25, 0.3) is 0 Å². The number of rotatable bonds is 4. The van der Waals surface area contributed by atoms with E-state index in [0.29, 0.717) is 12.0 Å². The summed E-state index contributed by atoms with van der Waals surface area (Å²) in [5.41, 5.74) is 0. The van der Waals surface area contributed by atoms with Crippen LogP contribution in [-0.4, -0.2) is 61.5 Å². The second-order valence-corrected chi connectivity index (χ2v) is 5.52. The summed E-state index contributed by atoms with van der Waals surface area (Å²) in [5, 5.41) is 3.14. The largest absolute Gasteiger partial charge is 0.344 e. The molecule has 1 heterocycles. The summed E-state index contributed by atoms with van der Waals surface area (Å²) in [4.78, 5) is 16.6. The summed E-state index contributed by atoms with van der Waals surface area (Å²) in [6.45, 7) is 9.36. The Kier molecular flexibility index (Phi) is 5.40. The average Bonchev–Trinajstić information content (AvgIpc) is 2.36. The Bertz CT molecular complexity index is 255. The maximum absolute atomic E-state index is 12.4. The molecule has 1 aliphatic heterocycles. The summed E-state index contributed by atoms with van der Waals surface area (Å²) in [7, 11) is 3.86. The normalized spacial score (nSPS) is 27.6. The Morgan fingerprint density at radius 2 is 2.06 bits per heavy atom. The smallest absolute Gasteiger partial charge is 0.239 e. The first-order chi connectivity index (χ1) is 7.97. The van der Waals surface area contributed by atoms with Crippen molar-refractivity contribution in [3.63, 3.8) is 0 Å². The van der Waals surface area contributed by atoms with Crippen LogP contribution in [0.3, 0.4) is 0 Å². The lowest BCUT2D eigenvalue weighted by Crippen LogP contribution is -2.48. The number of carbonyl (C=O) groups excluding carboxylic acids is 1. The van der Waals surface area contributed by atoms with Crippen molar-refractivity contribution in [3.8, 4) is 0 Å². The van der Waals surface area contributed by atoms with E-state index in [1.54, 1.807) is 0 Å². The van der Waals surface area contributed by atoms with Crippen LogP contribution < -0.4 is 5.32 Å². The van der Waals surface area contributed by atoms with E-state index in [0.717, 1.165) is 26.1 Å². The Labute approximate surface area is 105 Å². The highest BCUT2D eigenvalue weighted by atomic mass is 16.2. The lowest BCUT2D eigenvalue weighted by molar-refractivity contribution is -0.135. The molecule has 0 radical (unpaired) electrons. The van der Waals surface area contributed by atoms with Crippen molar-refractivity contribution in [3.05, 3.63) is 0 Å². The molecule has 0 spiro atoms. The summed E-state index contributed by atoms with van der Waals surface area (Å²) in [6, 6.07) is 0.465. The molecule has 1 saturated heterocycles. The number of nitrogens with zero attached hydrogens (tertiary/aromatic N) is 2. The van der Waals surface area contributed by atoms with Gasteiger partial charge in [0.25, 0.3) is 0 Å². The van der Waals surface area contributed by atoms with Crippen LogP contribution in [0.4, 0.5) is 0 Å². The minimum Gasteiger partial charge on any atom is -0.344 e. The molecule has 2 atom stereocenters. The van der Waals surface area contributed by atoms with E-state index in [1.807, 2.05) is 19.0 Å². The zero-order chi connectivity index (χ0) is 13.0. The maximum Gasteiger partial charge on any atom is 0.239 e. The van der Waals surface area contributed by atoms with E-state index in [2.05, 4.69) is 31.0 Å². The van der Waals surface area contributed by atoms with Crippen LogP contribution in [0.1, 0.15) is 27.2 Å². The van der Waals surface area contributed by atoms with Gasteiger partial charge in [-0.15, -0.1) is 0 Å². The van der Waals surface area contributed by atoms with Gasteiger partial charge in [0, 0.05) is 26.2 Å². The molecule has 4 heteroatoms. The van der Waals surface area contributed by atoms with Crippen molar-refractivity contribution in [1.82, 2.24) is 15.1 Å². The molecule has 1 N–H and O–H groups in total. The lowest BCUT2D eigenvalue weighted by Gasteiger charge is -2.33. The zero-order valence-electron chi connectivity index (χ0n) is 11.9. The minimum absolute atomic E-state index is 0.0393. The molecule has 0 saturated carbocycles. The number of amides is 1. The first-order valence-electron chi connectivity index (χ1n) is 6.62. The molecule has 1 rings (SSSR count). The zero-order valence-corrected chi connectivity index (χ0v) is 11.9. The molecule has 0 aromatic rings. The highest BCUT2D eigenvalue weighted by molar-refractivity contribution is 5.82. The van der Waals surface area contributed by atoms with Crippen LogP contribution in [-0.2, 0) is 4.79 Å². The third-order valence-electron chi connectivity index (χ3n) is 3.50. The van der Waals surface area contributed by atoms with Crippen LogP contribution in [0.5, 0.6) is 0 Å². The molecule has 17 heavy (non-hydrogen) atoms.